The summed E-state index contributed by atoms with van der Waals surface area (Å²) in [6.45, 7) is 3.47. The van der Waals surface area contributed by atoms with Gasteiger partial charge in [0.15, 0.2) is 0 Å². The molecule has 1 fully saturated rings. The number of hydrogen-bond acceptors (Lipinski definition) is 8. The van der Waals surface area contributed by atoms with Gasteiger partial charge in [-0.1, -0.05) is 18.2 Å². The summed E-state index contributed by atoms with van der Waals surface area (Å²) in [6.07, 6.45) is -0.304. The van der Waals surface area contributed by atoms with Crippen LogP contribution in [0.2, 0.25) is 0 Å². The van der Waals surface area contributed by atoms with E-state index >= 15 is 0 Å². The van der Waals surface area contributed by atoms with Gasteiger partial charge in [0.2, 0.25) is 0 Å². The highest BCUT2D eigenvalue weighted by atomic mass is 16.5. The van der Waals surface area contributed by atoms with E-state index in [1.54, 1.807) is 44.2 Å². The first-order chi connectivity index (χ1) is 18.2. The van der Waals surface area contributed by atoms with Gasteiger partial charge >= 0.3 is 5.97 Å². The lowest BCUT2D eigenvalue weighted by atomic mass is 9.94. The number of methoxy groups -OCH3 is 2. The number of esters is 1. The summed E-state index contributed by atoms with van der Waals surface area (Å²) >= 11 is 0. The van der Waals surface area contributed by atoms with Crippen molar-refractivity contribution in [1.29, 1.82) is 0 Å². The molecule has 1 unspecified atom stereocenters. The molecule has 1 atom stereocenters. The van der Waals surface area contributed by atoms with Gasteiger partial charge < -0.3 is 24.4 Å². The van der Waals surface area contributed by atoms with Crippen LogP contribution in [0, 0.1) is 0 Å². The Labute approximate surface area is 219 Å². The number of nitrogens with zero attached hydrogens (tertiary/aromatic N) is 1. The first-order valence-electron chi connectivity index (χ1n) is 11.8. The first-order valence-corrected chi connectivity index (χ1v) is 11.8. The number of phenols is 1. The summed E-state index contributed by atoms with van der Waals surface area (Å²) in [7, 11) is 2.82. The third kappa shape index (κ3) is 4.78. The number of phenolic OH excluding ortho intramolecular Hbond substituents is 1. The van der Waals surface area contributed by atoms with Gasteiger partial charge in [0.1, 0.15) is 28.6 Å². The van der Waals surface area contributed by atoms with Gasteiger partial charge in [-0.2, -0.15) is 0 Å². The van der Waals surface area contributed by atoms with Crippen molar-refractivity contribution in [3.63, 3.8) is 0 Å². The number of carbonyl (C=O) groups excluding carboxylic acids is 3. The van der Waals surface area contributed by atoms with E-state index in [0.29, 0.717) is 11.3 Å². The van der Waals surface area contributed by atoms with Gasteiger partial charge in [-0.25, -0.2) is 4.79 Å². The van der Waals surface area contributed by atoms with E-state index in [1.165, 1.54) is 55.5 Å². The van der Waals surface area contributed by atoms with Gasteiger partial charge in [-0.05, 0) is 67.9 Å². The molecule has 0 aliphatic carbocycles. The SMILES string of the molecule is COc1cccc(OC)c1/C(O)=C1\C(=O)C(=O)N(c2ccc(C(=O)OC(C)C)cc2)C1c1ccc(O)cc1. The van der Waals surface area contributed by atoms with Crippen molar-refractivity contribution in [3.8, 4) is 17.2 Å². The predicted molar refractivity (Wildman–Crippen MR) is 139 cm³/mol. The highest BCUT2D eigenvalue weighted by Gasteiger charge is 2.47. The molecule has 1 amide bonds. The molecule has 1 saturated heterocycles. The van der Waals surface area contributed by atoms with E-state index in [1.807, 2.05) is 0 Å². The number of amides is 1. The van der Waals surface area contributed by atoms with Crippen LogP contribution in [0.25, 0.3) is 5.76 Å². The zero-order chi connectivity index (χ0) is 27.6. The van der Waals surface area contributed by atoms with Crippen molar-refractivity contribution in [3.05, 3.63) is 89.0 Å². The van der Waals surface area contributed by atoms with Crippen LogP contribution in [0.3, 0.4) is 0 Å². The molecule has 1 aliphatic rings. The van der Waals surface area contributed by atoms with Crippen molar-refractivity contribution in [2.24, 2.45) is 0 Å². The third-order valence-electron chi connectivity index (χ3n) is 6.04. The molecule has 2 N–H and O–H groups in total. The Hall–Kier alpha value is -4.79. The second kappa shape index (κ2) is 10.7. The standard InChI is InChI=1S/C29H27NO8/c1-16(2)38-29(35)18-8-12-19(13-9-18)30-25(17-10-14-20(31)15-11-17)24(27(33)28(30)34)26(32)23-21(36-3)6-5-7-22(23)37-4/h5-16,25,31-32H,1-4H3/b26-24+. The highest BCUT2D eigenvalue weighted by molar-refractivity contribution is 6.51. The lowest BCUT2D eigenvalue weighted by Crippen LogP contribution is -2.29. The highest BCUT2D eigenvalue weighted by Crippen LogP contribution is 2.45. The van der Waals surface area contributed by atoms with Crippen LogP contribution in [-0.2, 0) is 14.3 Å². The van der Waals surface area contributed by atoms with Crippen molar-refractivity contribution >= 4 is 29.1 Å². The molecule has 0 aromatic heterocycles. The second-order valence-electron chi connectivity index (χ2n) is 8.80. The minimum Gasteiger partial charge on any atom is -0.508 e. The zero-order valence-electron chi connectivity index (χ0n) is 21.3. The van der Waals surface area contributed by atoms with Gasteiger partial charge in [-0.15, -0.1) is 0 Å². The fraction of sp³-hybridized carbons (Fsp3) is 0.207. The number of anilines is 1. The van der Waals surface area contributed by atoms with E-state index in [4.69, 9.17) is 14.2 Å². The number of benzene rings is 3. The summed E-state index contributed by atoms with van der Waals surface area (Å²) < 4.78 is 16.0. The minimum atomic E-state index is -1.06. The van der Waals surface area contributed by atoms with Crippen molar-refractivity contribution in [2.45, 2.75) is 26.0 Å². The maximum Gasteiger partial charge on any atom is 0.338 e. The monoisotopic (exact) mass is 517 g/mol. The quantitative estimate of drug-likeness (QED) is 0.202. The lowest BCUT2D eigenvalue weighted by Gasteiger charge is -2.26. The van der Waals surface area contributed by atoms with Crippen LogP contribution in [0.1, 0.15) is 41.4 Å². The van der Waals surface area contributed by atoms with Gasteiger partial charge in [-0.3, -0.25) is 14.5 Å². The summed E-state index contributed by atoms with van der Waals surface area (Å²) in [5.41, 5.74) is 0.981. The molecule has 3 aromatic carbocycles. The van der Waals surface area contributed by atoms with E-state index < -0.39 is 29.5 Å². The third-order valence-corrected chi connectivity index (χ3v) is 6.04. The Morgan fingerprint density at radius 3 is 2.00 bits per heavy atom. The topological polar surface area (TPSA) is 123 Å². The van der Waals surface area contributed by atoms with Gasteiger partial charge in [0.05, 0.1) is 37.5 Å². The number of hydrogen-bond donors (Lipinski definition) is 2. The fourth-order valence-electron chi connectivity index (χ4n) is 4.33. The molecular formula is C29H27NO8. The molecule has 3 aromatic rings. The number of aliphatic hydroxyl groups is 1. The lowest BCUT2D eigenvalue weighted by molar-refractivity contribution is -0.132. The maximum atomic E-state index is 13.4. The number of aromatic hydroxyl groups is 1. The Bertz CT molecular complexity index is 1390. The van der Waals surface area contributed by atoms with Crippen LogP contribution in [-0.4, -0.2) is 48.2 Å². The first kappa shape index (κ1) is 26.3. The molecule has 38 heavy (non-hydrogen) atoms. The average Bonchev–Trinajstić information content (AvgIpc) is 3.17. The number of rotatable bonds is 7. The molecule has 9 heteroatoms. The fourth-order valence-corrected chi connectivity index (χ4v) is 4.33. The van der Waals surface area contributed by atoms with Crippen LogP contribution in [0.4, 0.5) is 5.69 Å². The van der Waals surface area contributed by atoms with Crippen LogP contribution in [0.5, 0.6) is 17.2 Å². The molecule has 9 nitrogen and oxygen atoms in total. The minimum absolute atomic E-state index is 0.00915. The van der Waals surface area contributed by atoms with E-state index in [9.17, 15) is 24.6 Å². The molecule has 1 heterocycles. The Morgan fingerprint density at radius 1 is 0.895 bits per heavy atom. The smallest absolute Gasteiger partial charge is 0.338 e. The normalized spacial score (nSPS) is 16.6. The molecule has 1 aliphatic heterocycles. The summed E-state index contributed by atoms with van der Waals surface area (Å²) in [6, 6.07) is 15.8. The Morgan fingerprint density at radius 2 is 1.47 bits per heavy atom. The molecule has 196 valence electrons. The van der Waals surface area contributed by atoms with Crippen LogP contribution in [0.15, 0.2) is 72.3 Å². The molecule has 0 spiro atoms. The van der Waals surface area contributed by atoms with E-state index in [0.717, 1.165) is 0 Å². The van der Waals surface area contributed by atoms with Crippen molar-refractivity contribution in [1.82, 2.24) is 0 Å². The number of aliphatic hydroxyl groups excluding tert-OH is 1. The Balaban J connectivity index is 1.90. The number of ether oxygens (including phenoxy) is 3. The average molecular weight is 518 g/mol. The van der Waals surface area contributed by atoms with E-state index in [2.05, 4.69) is 0 Å². The number of ketones is 1. The zero-order valence-corrected chi connectivity index (χ0v) is 21.3. The molecular weight excluding hydrogens is 490 g/mol. The largest absolute Gasteiger partial charge is 0.508 e. The van der Waals surface area contributed by atoms with E-state index in [-0.39, 0.29) is 40.1 Å². The number of Topliss-reactive ketones (excluding diaryl/α,β-unsaturated/α-hetero) is 1. The summed E-state index contributed by atoms with van der Waals surface area (Å²) in [5, 5.41) is 21.3. The molecule has 0 radical (unpaired) electrons. The van der Waals surface area contributed by atoms with Crippen molar-refractivity contribution in [2.75, 3.05) is 19.1 Å². The summed E-state index contributed by atoms with van der Waals surface area (Å²) in [5.74, 6) is -2.32. The summed E-state index contributed by atoms with van der Waals surface area (Å²) in [4.78, 5) is 40.4. The van der Waals surface area contributed by atoms with Crippen LogP contribution < -0.4 is 14.4 Å². The number of carbonyl (C=O) groups is 3. The van der Waals surface area contributed by atoms with Crippen LogP contribution >= 0.6 is 0 Å². The van der Waals surface area contributed by atoms with Gasteiger partial charge in [0, 0.05) is 5.69 Å². The van der Waals surface area contributed by atoms with Crippen molar-refractivity contribution < 1.29 is 38.8 Å². The van der Waals surface area contributed by atoms with Gasteiger partial charge in [0.25, 0.3) is 11.7 Å². The molecule has 0 bridgehead atoms. The predicted octanol–water partition coefficient (Wildman–Crippen LogP) is 4.60. The Kier molecular flexibility index (Phi) is 7.38. The maximum absolute atomic E-state index is 13.4. The molecule has 4 rings (SSSR count). The second-order valence-corrected chi connectivity index (χ2v) is 8.80. The molecule has 0 saturated carbocycles.